The number of nitrogens with two attached hydrogens (primary N) is 1. The minimum Gasteiger partial charge on any atom is -0.399 e. The van der Waals surface area contributed by atoms with Crippen molar-refractivity contribution in [2.24, 2.45) is 0 Å². The van der Waals surface area contributed by atoms with Crippen LogP contribution in [0, 0.1) is 0 Å². The fraction of sp³-hybridized carbons (Fsp3) is 0.381. The summed E-state index contributed by atoms with van der Waals surface area (Å²) >= 11 is 6.32. The zero-order valence-electron chi connectivity index (χ0n) is 14.9. The maximum absolute atomic E-state index is 13.0. The summed E-state index contributed by atoms with van der Waals surface area (Å²) in [5, 5.41) is 0.727. The van der Waals surface area contributed by atoms with E-state index in [9.17, 15) is 4.79 Å². The fourth-order valence-electron chi connectivity index (χ4n) is 3.59. The number of carbonyl (C=O) groups excluding carboxylic acids is 1. The molecule has 0 bridgehead atoms. The molecule has 0 heterocycles. The highest BCUT2D eigenvalue weighted by Gasteiger charge is 2.27. The van der Waals surface area contributed by atoms with E-state index in [1.54, 1.807) is 0 Å². The molecular weight excluding hydrogens is 367 g/mol. The monoisotopic (exact) mass is 392 g/mol. The maximum Gasteiger partial charge on any atom is 0.223 e. The molecule has 1 saturated carbocycles. The van der Waals surface area contributed by atoms with Gasteiger partial charge < -0.3 is 10.6 Å². The molecule has 2 N–H and O–H groups in total. The van der Waals surface area contributed by atoms with Gasteiger partial charge in [-0.25, -0.2) is 0 Å². The standard InChI is InChI=1S/C21H25ClN2O.ClH/c22-19-11-5-1-8-17(19)15-24(18-9-3-4-10-18)21(25)14-13-16-7-2-6-12-20(16)23;/h1-2,5-8,11-12,18H,3-4,9-10,13-15,23H2;1H. The van der Waals surface area contributed by atoms with Gasteiger partial charge >= 0.3 is 0 Å². The first-order chi connectivity index (χ1) is 12.1. The molecule has 0 aromatic heterocycles. The van der Waals surface area contributed by atoms with Crippen molar-refractivity contribution < 1.29 is 4.79 Å². The molecule has 0 radical (unpaired) electrons. The molecule has 0 spiro atoms. The highest BCUT2D eigenvalue weighted by Crippen LogP contribution is 2.28. The van der Waals surface area contributed by atoms with E-state index in [2.05, 4.69) is 0 Å². The number of halogens is 2. The van der Waals surface area contributed by atoms with Gasteiger partial charge in [0.15, 0.2) is 0 Å². The molecule has 3 rings (SSSR count). The second-order valence-electron chi connectivity index (χ2n) is 6.75. The summed E-state index contributed by atoms with van der Waals surface area (Å²) in [6.07, 6.45) is 5.73. The van der Waals surface area contributed by atoms with Gasteiger partial charge in [-0.05, 0) is 42.5 Å². The molecule has 2 aromatic rings. The van der Waals surface area contributed by atoms with Crippen LogP contribution in [0.1, 0.15) is 43.2 Å². The SMILES string of the molecule is Cl.Nc1ccccc1CCC(=O)N(Cc1ccccc1Cl)C1CCCC1. The molecule has 0 unspecified atom stereocenters. The zero-order valence-corrected chi connectivity index (χ0v) is 16.4. The third-order valence-electron chi connectivity index (χ3n) is 5.05. The minimum absolute atomic E-state index is 0. The largest absolute Gasteiger partial charge is 0.399 e. The summed E-state index contributed by atoms with van der Waals surface area (Å²) in [5.41, 5.74) is 8.82. The average Bonchev–Trinajstić information content (AvgIpc) is 3.14. The van der Waals surface area contributed by atoms with Gasteiger partial charge in [0, 0.05) is 29.7 Å². The Balaban J connectivity index is 0.00000243. The lowest BCUT2D eigenvalue weighted by Gasteiger charge is -2.29. The van der Waals surface area contributed by atoms with Crippen LogP contribution in [-0.4, -0.2) is 16.8 Å². The van der Waals surface area contributed by atoms with Crippen LogP contribution in [0.2, 0.25) is 5.02 Å². The molecule has 0 atom stereocenters. The minimum atomic E-state index is 0. The highest BCUT2D eigenvalue weighted by atomic mass is 35.5. The number of hydrogen-bond donors (Lipinski definition) is 1. The number of amides is 1. The van der Waals surface area contributed by atoms with Crippen LogP contribution >= 0.6 is 24.0 Å². The number of nitrogen functional groups attached to an aromatic ring is 1. The summed E-state index contributed by atoms with van der Waals surface area (Å²) < 4.78 is 0. The van der Waals surface area contributed by atoms with Crippen molar-refractivity contribution in [3.05, 3.63) is 64.7 Å². The number of nitrogens with zero attached hydrogens (tertiary/aromatic N) is 1. The van der Waals surface area contributed by atoms with E-state index < -0.39 is 0 Å². The Labute approximate surface area is 166 Å². The average molecular weight is 393 g/mol. The molecule has 26 heavy (non-hydrogen) atoms. The lowest BCUT2D eigenvalue weighted by atomic mass is 10.1. The second kappa shape index (κ2) is 9.84. The van der Waals surface area contributed by atoms with E-state index in [1.807, 2.05) is 53.4 Å². The van der Waals surface area contributed by atoms with Crippen molar-refractivity contribution in [3.63, 3.8) is 0 Å². The first-order valence-corrected chi connectivity index (χ1v) is 9.39. The quantitative estimate of drug-likeness (QED) is 0.682. The second-order valence-corrected chi connectivity index (χ2v) is 7.16. The predicted molar refractivity (Wildman–Crippen MR) is 111 cm³/mol. The zero-order chi connectivity index (χ0) is 17.6. The Morgan fingerprint density at radius 1 is 1.04 bits per heavy atom. The first-order valence-electron chi connectivity index (χ1n) is 9.01. The van der Waals surface area contributed by atoms with E-state index >= 15 is 0 Å². The molecule has 5 heteroatoms. The summed E-state index contributed by atoms with van der Waals surface area (Å²) in [4.78, 5) is 15.0. The molecule has 1 aliphatic rings. The van der Waals surface area contributed by atoms with Gasteiger partial charge in [-0.3, -0.25) is 4.79 Å². The molecule has 1 aliphatic carbocycles. The molecule has 1 amide bonds. The lowest BCUT2D eigenvalue weighted by Crippen LogP contribution is -2.38. The number of para-hydroxylation sites is 1. The van der Waals surface area contributed by atoms with Crippen LogP contribution in [-0.2, 0) is 17.8 Å². The van der Waals surface area contributed by atoms with E-state index in [-0.39, 0.29) is 18.3 Å². The molecule has 1 fully saturated rings. The van der Waals surface area contributed by atoms with E-state index in [1.165, 1.54) is 12.8 Å². The van der Waals surface area contributed by atoms with Crippen molar-refractivity contribution in [2.75, 3.05) is 5.73 Å². The number of anilines is 1. The normalized spacial score (nSPS) is 14.0. The number of aryl methyl sites for hydroxylation is 1. The Morgan fingerprint density at radius 3 is 2.31 bits per heavy atom. The van der Waals surface area contributed by atoms with Crippen LogP contribution in [0.25, 0.3) is 0 Å². The fourth-order valence-corrected chi connectivity index (χ4v) is 3.79. The molecule has 0 saturated heterocycles. The predicted octanol–water partition coefficient (Wildman–Crippen LogP) is 5.25. The topological polar surface area (TPSA) is 46.3 Å². The van der Waals surface area contributed by atoms with Gasteiger partial charge in [0.05, 0.1) is 0 Å². The first kappa shape index (κ1) is 20.6. The number of benzene rings is 2. The van der Waals surface area contributed by atoms with Gasteiger partial charge in [-0.15, -0.1) is 12.4 Å². The Bertz CT molecular complexity index is 729. The highest BCUT2D eigenvalue weighted by molar-refractivity contribution is 6.31. The van der Waals surface area contributed by atoms with Crippen LogP contribution in [0.3, 0.4) is 0 Å². The van der Waals surface area contributed by atoms with Gasteiger partial charge in [0.25, 0.3) is 0 Å². The smallest absolute Gasteiger partial charge is 0.223 e. The van der Waals surface area contributed by atoms with Crippen LogP contribution in [0.4, 0.5) is 5.69 Å². The number of hydrogen-bond acceptors (Lipinski definition) is 2. The molecular formula is C21H26Cl2N2O. The molecule has 140 valence electrons. The van der Waals surface area contributed by atoms with Gasteiger partial charge in [-0.2, -0.15) is 0 Å². The van der Waals surface area contributed by atoms with Gasteiger partial charge in [-0.1, -0.05) is 60.8 Å². The van der Waals surface area contributed by atoms with Gasteiger partial charge in [0.2, 0.25) is 5.91 Å². The summed E-state index contributed by atoms with van der Waals surface area (Å²) in [6, 6.07) is 15.9. The summed E-state index contributed by atoms with van der Waals surface area (Å²) in [6.45, 7) is 0.591. The maximum atomic E-state index is 13.0. The summed E-state index contributed by atoms with van der Waals surface area (Å²) in [5.74, 6) is 0.190. The van der Waals surface area contributed by atoms with E-state index in [0.717, 1.165) is 34.7 Å². The van der Waals surface area contributed by atoms with Crippen molar-refractivity contribution in [1.29, 1.82) is 0 Å². The molecule has 0 aliphatic heterocycles. The molecule has 2 aromatic carbocycles. The van der Waals surface area contributed by atoms with Crippen LogP contribution in [0.15, 0.2) is 48.5 Å². The Morgan fingerprint density at radius 2 is 1.65 bits per heavy atom. The lowest BCUT2D eigenvalue weighted by molar-refractivity contribution is -0.134. The summed E-state index contributed by atoms with van der Waals surface area (Å²) in [7, 11) is 0. The van der Waals surface area contributed by atoms with Crippen molar-refractivity contribution >= 4 is 35.6 Å². The molecule has 3 nitrogen and oxygen atoms in total. The van der Waals surface area contributed by atoms with E-state index in [0.29, 0.717) is 25.4 Å². The Kier molecular flexibility index (Phi) is 7.80. The van der Waals surface area contributed by atoms with Crippen LogP contribution in [0.5, 0.6) is 0 Å². The van der Waals surface area contributed by atoms with Crippen molar-refractivity contribution in [3.8, 4) is 0 Å². The Hall–Kier alpha value is -1.71. The number of rotatable bonds is 6. The van der Waals surface area contributed by atoms with Crippen molar-refractivity contribution in [1.82, 2.24) is 4.90 Å². The van der Waals surface area contributed by atoms with E-state index in [4.69, 9.17) is 17.3 Å². The van der Waals surface area contributed by atoms with Gasteiger partial charge in [0.1, 0.15) is 0 Å². The van der Waals surface area contributed by atoms with Crippen LogP contribution < -0.4 is 5.73 Å². The van der Waals surface area contributed by atoms with Crippen molar-refractivity contribution in [2.45, 2.75) is 51.1 Å². The number of carbonyl (C=O) groups is 1. The third kappa shape index (κ3) is 5.15. The third-order valence-corrected chi connectivity index (χ3v) is 5.42.